The first-order valence-electron chi connectivity index (χ1n) is 7.92. The smallest absolute Gasteiger partial charge is 0.246 e. The molecule has 9 nitrogen and oxygen atoms in total. The first-order valence-corrected chi connectivity index (χ1v) is 7.92. The van der Waals surface area contributed by atoms with E-state index >= 15 is 0 Å². The minimum atomic E-state index is -0.275. The van der Waals surface area contributed by atoms with Crippen LogP contribution in [0.4, 0.5) is 11.5 Å². The van der Waals surface area contributed by atoms with E-state index in [0.29, 0.717) is 36.2 Å². The molecular weight excluding hydrogens is 326 g/mol. The summed E-state index contributed by atoms with van der Waals surface area (Å²) in [5.74, 6) is 0.972. The molecule has 0 radical (unpaired) electrons. The maximum atomic E-state index is 12.1. The third-order valence-corrected chi connectivity index (χ3v) is 3.45. The van der Waals surface area contributed by atoms with Crippen LogP contribution in [0.2, 0.25) is 0 Å². The van der Waals surface area contributed by atoms with Crippen LogP contribution in [0.15, 0.2) is 24.4 Å². The van der Waals surface area contributed by atoms with Crippen molar-refractivity contribution in [3.8, 4) is 11.5 Å². The Labute approximate surface area is 144 Å². The molecule has 1 aromatic heterocycles. The number of amides is 2. The van der Waals surface area contributed by atoms with Gasteiger partial charge in [0.25, 0.3) is 0 Å². The number of carbonyl (C=O) groups is 2. The van der Waals surface area contributed by atoms with Crippen molar-refractivity contribution in [1.82, 2.24) is 15.0 Å². The molecule has 2 heterocycles. The van der Waals surface area contributed by atoms with Gasteiger partial charge in [-0.15, -0.1) is 5.10 Å². The van der Waals surface area contributed by atoms with Crippen LogP contribution in [-0.2, 0) is 16.1 Å². The quantitative estimate of drug-likeness (QED) is 0.845. The Morgan fingerprint density at radius 3 is 2.72 bits per heavy atom. The molecule has 2 N–H and O–H groups in total. The number of nitrogens with one attached hydrogen (secondary N) is 2. The second-order valence-corrected chi connectivity index (χ2v) is 5.85. The first-order chi connectivity index (χ1) is 12.0. The van der Waals surface area contributed by atoms with E-state index in [1.165, 1.54) is 10.9 Å². The second-order valence-electron chi connectivity index (χ2n) is 5.85. The molecule has 0 spiro atoms. The molecule has 9 heteroatoms. The Balaban J connectivity index is 1.58. The van der Waals surface area contributed by atoms with Gasteiger partial charge in [0, 0.05) is 17.7 Å². The van der Waals surface area contributed by atoms with Gasteiger partial charge in [-0.1, -0.05) is 19.1 Å². The van der Waals surface area contributed by atoms with Crippen molar-refractivity contribution < 1.29 is 19.1 Å². The van der Waals surface area contributed by atoms with Crippen LogP contribution < -0.4 is 20.1 Å². The monoisotopic (exact) mass is 345 g/mol. The van der Waals surface area contributed by atoms with Gasteiger partial charge in [-0.3, -0.25) is 9.59 Å². The number of fused-ring (bicyclic) bond motifs is 1. The van der Waals surface area contributed by atoms with Crippen molar-refractivity contribution in [2.24, 2.45) is 5.92 Å². The number of anilines is 2. The molecule has 25 heavy (non-hydrogen) atoms. The molecule has 0 atom stereocenters. The van der Waals surface area contributed by atoms with Crippen LogP contribution in [0.25, 0.3) is 0 Å². The molecule has 0 saturated heterocycles. The van der Waals surface area contributed by atoms with Gasteiger partial charge < -0.3 is 20.1 Å². The summed E-state index contributed by atoms with van der Waals surface area (Å²) < 4.78 is 12.3. The Bertz CT molecular complexity index is 787. The molecule has 0 saturated carbocycles. The zero-order valence-electron chi connectivity index (χ0n) is 14.0. The molecule has 1 aliphatic heterocycles. The van der Waals surface area contributed by atoms with E-state index in [9.17, 15) is 9.59 Å². The molecule has 3 rings (SSSR count). The zero-order chi connectivity index (χ0) is 17.8. The SMILES string of the molecule is CC(C)C(=O)Nc1cn(CC(=O)Nc2ccc3c(c2)OCCO3)nn1. The lowest BCUT2D eigenvalue weighted by Crippen LogP contribution is -2.20. The summed E-state index contributed by atoms with van der Waals surface area (Å²) in [4.78, 5) is 23.7. The predicted molar refractivity (Wildman–Crippen MR) is 89.6 cm³/mol. The van der Waals surface area contributed by atoms with Gasteiger partial charge in [0.2, 0.25) is 11.8 Å². The van der Waals surface area contributed by atoms with Crippen molar-refractivity contribution in [1.29, 1.82) is 0 Å². The fourth-order valence-corrected chi connectivity index (χ4v) is 2.17. The summed E-state index contributed by atoms with van der Waals surface area (Å²) >= 11 is 0. The van der Waals surface area contributed by atoms with Crippen LogP contribution in [0.1, 0.15) is 13.8 Å². The average Bonchev–Trinajstić information content (AvgIpc) is 3.01. The third-order valence-electron chi connectivity index (χ3n) is 3.45. The van der Waals surface area contributed by atoms with Crippen molar-refractivity contribution in [2.75, 3.05) is 23.8 Å². The number of benzene rings is 1. The highest BCUT2D eigenvalue weighted by atomic mass is 16.6. The standard InChI is InChI=1S/C16H19N5O4/c1-10(2)16(23)18-14-8-21(20-19-14)9-15(22)17-11-3-4-12-13(7-11)25-6-5-24-12/h3-4,7-8,10H,5-6,9H2,1-2H3,(H,17,22)(H,18,23). The Hall–Kier alpha value is -3.10. The Morgan fingerprint density at radius 1 is 1.20 bits per heavy atom. The molecule has 0 aliphatic carbocycles. The van der Waals surface area contributed by atoms with E-state index in [4.69, 9.17) is 9.47 Å². The number of ether oxygens (including phenoxy) is 2. The van der Waals surface area contributed by atoms with E-state index < -0.39 is 0 Å². The van der Waals surface area contributed by atoms with Gasteiger partial charge in [0.1, 0.15) is 19.8 Å². The number of hydrogen-bond donors (Lipinski definition) is 2. The van der Waals surface area contributed by atoms with Crippen LogP contribution >= 0.6 is 0 Å². The minimum Gasteiger partial charge on any atom is -0.486 e. The van der Waals surface area contributed by atoms with Crippen LogP contribution in [-0.4, -0.2) is 40.0 Å². The first kappa shape index (κ1) is 16.7. The third kappa shape index (κ3) is 4.25. The fraction of sp³-hybridized carbons (Fsp3) is 0.375. The van der Waals surface area contributed by atoms with Gasteiger partial charge in [-0.2, -0.15) is 0 Å². The summed E-state index contributed by atoms with van der Waals surface area (Å²) in [5.41, 5.74) is 0.600. The number of aromatic nitrogens is 3. The molecule has 1 aromatic carbocycles. The summed E-state index contributed by atoms with van der Waals surface area (Å²) in [6.45, 7) is 4.52. The summed E-state index contributed by atoms with van der Waals surface area (Å²) in [5, 5.41) is 13.0. The topological polar surface area (TPSA) is 107 Å². The molecule has 0 bridgehead atoms. The van der Waals surface area contributed by atoms with E-state index in [2.05, 4.69) is 20.9 Å². The highest BCUT2D eigenvalue weighted by Crippen LogP contribution is 2.32. The van der Waals surface area contributed by atoms with Crippen molar-refractivity contribution in [3.05, 3.63) is 24.4 Å². The lowest BCUT2D eigenvalue weighted by atomic mass is 10.2. The lowest BCUT2D eigenvalue weighted by molar-refractivity contribution is -0.119. The van der Waals surface area contributed by atoms with E-state index in [1.807, 2.05) is 0 Å². The zero-order valence-corrected chi connectivity index (χ0v) is 14.0. The van der Waals surface area contributed by atoms with Gasteiger partial charge in [0.05, 0.1) is 6.20 Å². The van der Waals surface area contributed by atoms with Crippen molar-refractivity contribution >= 4 is 23.3 Å². The molecule has 1 aliphatic rings. The molecule has 132 valence electrons. The van der Waals surface area contributed by atoms with Crippen molar-refractivity contribution in [3.63, 3.8) is 0 Å². The minimum absolute atomic E-state index is 0.0288. The van der Waals surface area contributed by atoms with Gasteiger partial charge in [-0.05, 0) is 12.1 Å². The largest absolute Gasteiger partial charge is 0.486 e. The number of hydrogen-bond acceptors (Lipinski definition) is 6. The van der Waals surface area contributed by atoms with Crippen LogP contribution in [0, 0.1) is 5.92 Å². The second kappa shape index (κ2) is 7.20. The molecule has 0 unspecified atom stereocenters. The van der Waals surface area contributed by atoms with E-state index in [-0.39, 0.29) is 24.3 Å². The maximum absolute atomic E-state index is 12.1. The molecule has 0 fully saturated rings. The highest BCUT2D eigenvalue weighted by Gasteiger charge is 2.14. The summed E-state index contributed by atoms with van der Waals surface area (Å²) in [7, 11) is 0. The molecular formula is C16H19N5O4. The fourth-order valence-electron chi connectivity index (χ4n) is 2.17. The Kier molecular flexibility index (Phi) is 4.82. The van der Waals surface area contributed by atoms with Gasteiger partial charge in [-0.25, -0.2) is 4.68 Å². The van der Waals surface area contributed by atoms with E-state index in [0.717, 1.165) is 0 Å². The lowest BCUT2D eigenvalue weighted by Gasteiger charge is -2.18. The Morgan fingerprint density at radius 2 is 1.96 bits per heavy atom. The average molecular weight is 345 g/mol. The predicted octanol–water partition coefficient (Wildman–Crippen LogP) is 1.28. The molecule has 2 aromatic rings. The number of carbonyl (C=O) groups excluding carboxylic acids is 2. The number of rotatable bonds is 5. The highest BCUT2D eigenvalue weighted by molar-refractivity contribution is 5.92. The molecule has 2 amide bonds. The van der Waals surface area contributed by atoms with Gasteiger partial charge in [0.15, 0.2) is 17.3 Å². The van der Waals surface area contributed by atoms with Crippen LogP contribution in [0.5, 0.6) is 11.5 Å². The summed E-state index contributed by atoms with van der Waals surface area (Å²) in [6.07, 6.45) is 1.50. The number of nitrogens with zero attached hydrogens (tertiary/aromatic N) is 3. The van der Waals surface area contributed by atoms with Crippen LogP contribution in [0.3, 0.4) is 0 Å². The van der Waals surface area contributed by atoms with E-state index in [1.54, 1.807) is 32.0 Å². The van der Waals surface area contributed by atoms with Gasteiger partial charge >= 0.3 is 0 Å². The normalized spacial score (nSPS) is 12.8. The maximum Gasteiger partial charge on any atom is 0.246 e. The summed E-state index contributed by atoms with van der Waals surface area (Å²) in [6, 6.07) is 5.20. The van der Waals surface area contributed by atoms with Crippen molar-refractivity contribution in [2.45, 2.75) is 20.4 Å².